The largest absolute Gasteiger partial charge is 0.353 e. The van der Waals surface area contributed by atoms with Gasteiger partial charge in [-0.1, -0.05) is 11.8 Å². The van der Waals surface area contributed by atoms with Crippen LogP contribution in [0.3, 0.4) is 0 Å². The van der Waals surface area contributed by atoms with Crippen LogP contribution in [0.2, 0.25) is 0 Å². The van der Waals surface area contributed by atoms with Gasteiger partial charge in [0.25, 0.3) is 0 Å². The van der Waals surface area contributed by atoms with Crippen molar-refractivity contribution in [2.45, 2.75) is 18.9 Å². The Labute approximate surface area is 139 Å². The van der Waals surface area contributed by atoms with Crippen molar-refractivity contribution in [2.24, 2.45) is 4.99 Å². The molecule has 1 N–H and O–H groups in total. The summed E-state index contributed by atoms with van der Waals surface area (Å²) >= 11 is 1.61. The SMILES string of the molecule is O=C1NCCN2CCN(C(=O)CC3=CSC4=NCCCN34)C[C@@H]12. The molecule has 0 saturated carbocycles. The van der Waals surface area contributed by atoms with Crippen molar-refractivity contribution in [1.82, 2.24) is 20.0 Å². The number of carbonyl (C=O) groups is 2. The predicted octanol–water partition coefficient (Wildman–Crippen LogP) is -0.331. The Morgan fingerprint density at radius 3 is 3.17 bits per heavy atom. The highest BCUT2D eigenvalue weighted by atomic mass is 32.2. The normalized spacial score (nSPS) is 27.8. The van der Waals surface area contributed by atoms with Gasteiger partial charge in [-0.05, 0) is 11.8 Å². The number of nitrogens with one attached hydrogen (secondary N) is 1. The van der Waals surface area contributed by atoms with E-state index in [4.69, 9.17) is 0 Å². The van der Waals surface area contributed by atoms with Gasteiger partial charge in [0.1, 0.15) is 6.04 Å². The van der Waals surface area contributed by atoms with Crippen molar-refractivity contribution < 1.29 is 9.59 Å². The molecule has 4 aliphatic heterocycles. The molecule has 4 aliphatic rings. The van der Waals surface area contributed by atoms with Gasteiger partial charge in [0, 0.05) is 51.5 Å². The molecule has 0 unspecified atom stereocenters. The number of aliphatic imine (C=N–C) groups is 1. The zero-order chi connectivity index (χ0) is 15.8. The maximum atomic E-state index is 12.7. The number of rotatable bonds is 2. The molecule has 2 saturated heterocycles. The first-order valence-electron chi connectivity index (χ1n) is 8.19. The van der Waals surface area contributed by atoms with E-state index in [1.54, 1.807) is 11.8 Å². The van der Waals surface area contributed by atoms with Crippen LogP contribution in [0.15, 0.2) is 16.1 Å². The molecule has 0 bridgehead atoms. The summed E-state index contributed by atoms with van der Waals surface area (Å²) in [6.45, 7) is 5.43. The zero-order valence-corrected chi connectivity index (χ0v) is 13.8. The lowest BCUT2D eigenvalue weighted by atomic mass is 10.1. The van der Waals surface area contributed by atoms with Crippen LogP contribution in [0.25, 0.3) is 0 Å². The monoisotopic (exact) mass is 335 g/mol. The molecular formula is C15H21N5O2S. The van der Waals surface area contributed by atoms with Crippen molar-refractivity contribution in [3.05, 3.63) is 11.1 Å². The summed E-state index contributed by atoms with van der Waals surface area (Å²) < 4.78 is 0. The molecule has 1 atom stereocenters. The number of piperazine rings is 2. The summed E-state index contributed by atoms with van der Waals surface area (Å²) in [7, 11) is 0. The molecule has 2 amide bonds. The van der Waals surface area contributed by atoms with Gasteiger partial charge < -0.3 is 15.1 Å². The van der Waals surface area contributed by atoms with Gasteiger partial charge >= 0.3 is 0 Å². The van der Waals surface area contributed by atoms with E-state index in [1.165, 1.54) is 0 Å². The van der Waals surface area contributed by atoms with Gasteiger partial charge in [-0.15, -0.1) is 0 Å². The van der Waals surface area contributed by atoms with E-state index >= 15 is 0 Å². The van der Waals surface area contributed by atoms with Gasteiger partial charge in [0.15, 0.2) is 5.17 Å². The third-order valence-electron chi connectivity index (χ3n) is 4.84. The fraction of sp³-hybridized carbons (Fsp3) is 0.667. The third kappa shape index (κ3) is 2.85. The maximum absolute atomic E-state index is 12.7. The van der Waals surface area contributed by atoms with Crippen molar-refractivity contribution in [3.8, 4) is 0 Å². The van der Waals surface area contributed by atoms with E-state index in [9.17, 15) is 9.59 Å². The highest BCUT2D eigenvalue weighted by Gasteiger charge is 2.37. The first kappa shape index (κ1) is 15.0. The molecule has 4 rings (SSSR count). The Morgan fingerprint density at radius 2 is 2.26 bits per heavy atom. The Balaban J connectivity index is 1.39. The van der Waals surface area contributed by atoms with Crippen LogP contribution in [-0.4, -0.2) is 83.5 Å². The van der Waals surface area contributed by atoms with Crippen LogP contribution in [0.5, 0.6) is 0 Å². The average molecular weight is 335 g/mol. The number of amides is 2. The molecule has 4 heterocycles. The predicted molar refractivity (Wildman–Crippen MR) is 88.9 cm³/mol. The van der Waals surface area contributed by atoms with E-state index in [1.807, 2.05) is 10.3 Å². The lowest BCUT2D eigenvalue weighted by Gasteiger charge is -2.43. The molecular weight excluding hydrogens is 314 g/mol. The summed E-state index contributed by atoms with van der Waals surface area (Å²) in [5.41, 5.74) is 1.05. The summed E-state index contributed by atoms with van der Waals surface area (Å²) in [5.74, 6) is 0.163. The molecule has 0 radical (unpaired) electrons. The molecule has 0 aromatic rings. The minimum absolute atomic E-state index is 0.0508. The average Bonchev–Trinajstić information content (AvgIpc) is 2.98. The number of hydrogen-bond donors (Lipinski definition) is 1. The van der Waals surface area contributed by atoms with Crippen LogP contribution < -0.4 is 5.32 Å². The molecule has 0 spiro atoms. The molecule has 0 aliphatic carbocycles. The van der Waals surface area contributed by atoms with Crippen molar-refractivity contribution in [3.63, 3.8) is 0 Å². The Hall–Kier alpha value is -1.54. The Bertz CT molecular complexity index is 590. The molecule has 124 valence electrons. The quantitative estimate of drug-likeness (QED) is 0.748. The second-order valence-corrected chi connectivity index (χ2v) is 7.09. The lowest BCUT2D eigenvalue weighted by molar-refractivity contribution is -0.139. The number of carbonyl (C=O) groups excluding carboxylic acids is 2. The van der Waals surface area contributed by atoms with Gasteiger partial charge in [-0.25, -0.2) is 0 Å². The molecule has 23 heavy (non-hydrogen) atoms. The van der Waals surface area contributed by atoms with Crippen molar-refractivity contribution >= 4 is 28.7 Å². The molecule has 8 heteroatoms. The zero-order valence-electron chi connectivity index (χ0n) is 13.0. The second-order valence-electron chi connectivity index (χ2n) is 6.26. The minimum atomic E-state index is -0.180. The Morgan fingerprint density at radius 1 is 1.35 bits per heavy atom. The van der Waals surface area contributed by atoms with Crippen molar-refractivity contribution in [1.29, 1.82) is 0 Å². The van der Waals surface area contributed by atoms with Crippen LogP contribution in [-0.2, 0) is 9.59 Å². The number of fused-ring (bicyclic) bond motifs is 2. The van der Waals surface area contributed by atoms with E-state index in [2.05, 4.69) is 20.1 Å². The second kappa shape index (κ2) is 6.16. The summed E-state index contributed by atoms with van der Waals surface area (Å²) in [6, 6.07) is -0.180. The van der Waals surface area contributed by atoms with E-state index < -0.39 is 0 Å². The van der Waals surface area contributed by atoms with Crippen LogP contribution >= 0.6 is 11.8 Å². The fourth-order valence-corrected chi connectivity index (χ4v) is 4.50. The number of nitrogens with zero attached hydrogens (tertiary/aromatic N) is 4. The number of thioether (sulfide) groups is 1. The van der Waals surface area contributed by atoms with Crippen LogP contribution in [0.1, 0.15) is 12.8 Å². The lowest BCUT2D eigenvalue weighted by Crippen LogP contribution is -2.64. The molecule has 0 aromatic carbocycles. The highest BCUT2D eigenvalue weighted by Crippen LogP contribution is 2.31. The standard InChI is InChI=1S/C15H21N5O2S/c21-13(8-11-10-23-15-17-2-1-4-20(11)15)19-7-6-18-5-3-16-14(22)12(18)9-19/h10,12H,1-9H2,(H,16,22)/t12-/m0/s1. The number of hydrogen-bond acceptors (Lipinski definition) is 6. The van der Waals surface area contributed by atoms with Gasteiger partial charge in [-0.2, -0.15) is 0 Å². The highest BCUT2D eigenvalue weighted by molar-refractivity contribution is 8.16. The smallest absolute Gasteiger partial charge is 0.239 e. The van der Waals surface area contributed by atoms with E-state index in [-0.39, 0.29) is 17.9 Å². The summed E-state index contributed by atoms with van der Waals surface area (Å²) in [5, 5.41) is 5.96. The fourth-order valence-electron chi connectivity index (χ4n) is 3.54. The van der Waals surface area contributed by atoms with Gasteiger partial charge in [0.05, 0.1) is 6.42 Å². The maximum Gasteiger partial charge on any atom is 0.239 e. The van der Waals surface area contributed by atoms with Crippen LogP contribution in [0.4, 0.5) is 0 Å². The topological polar surface area (TPSA) is 68.2 Å². The van der Waals surface area contributed by atoms with Crippen molar-refractivity contribution in [2.75, 3.05) is 45.8 Å². The minimum Gasteiger partial charge on any atom is -0.353 e. The molecule has 0 aromatic heterocycles. The molecule has 7 nitrogen and oxygen atoms in total. The Kier molecular flexibility index (Phi) is 4.02. The molecule has 2 fully saturated rings. The van der Waals surface area contributed by atoms with Crippen LogP contribution in [0, 0.1) is 0 Å². The summed E-state index contributed by atoms with van der Waals surface area (Å²) in [4.78, 5) is 35.4. The van der Waals surface area contributed by atoms with Gasteiger partial charge in [0.2, 0.25) is 11.8 Å². The van der Waals surface area contributed by atoms with E-state index in [0.29, 0.717) is 26.1 Å². The first-order valence-corrected chi connectivity index (χ1v) is 9.07. The number of amidine groups is 1. The summed E-state index contributed by atoms with van der Waals surface area (Å²) in [6.07, 6.45) is 1.44. The third-order valence-corrected chi connectivity index (χ3v) is 5.79. The first-order chi connectivity index (χ1) is 11.2. The van der Waals surface area contributed by atoms with Gasteiger partial charge in [-0.3, -0.25) is 19.5 Å². The van der Waals surface area contributed by atoms with E-state index in [0.717, 1.165) is 43.5 Å².